The second-order valence-corrected chi connectivity index (χ2v) is 3.88. The zero-order chi connectivity index (χ0) is 13.3. The minimum Gasteiger partial charge on any atom is -0.424 e. The smallest absolute Gasteiger partial charge is 0.308 e. The lowest BCUT2D eigenvalue weighted by atomic mass is 10.0. The Morgan fingerprint density at radius 3 is 2.78 bits per heavy atom. The Labute approximate surface area is 102 Å². The van der Waals surface area contributed by atoms with E-state index in [0.717, 1.165) is 6.07 Å². The fourth-order valence-electron chi connectivity index (χ4n) is 1.79. The molecule has 2 rings (SSSR count). The van der Waals surface area contributed by atoms with Crippen molar-refractivity contribution in [1.29, 1.82) is 0 Å². The van der Waals surface area contributed by atoms with Crippen LogP contribution in [0, 0.1) is 10.1 Å². The molecule has 0 aromatic heterocycles. The van der Waals surface area contributed by atoms with E-state index in [2.05, 4.69) is 5.32 Å². The minimum absolute atomic E-state index is 0.0137. The third-order valence-corrected chi connectivity index (χ3v) is 2.52. The molecule has 1 heterocycles. The molecule has 0 saturated heterocycles. The van der Waals surface area contributed by atoms with Crippen LogP contribution < -0.4 is 10.1 Å². The van der Waals surface area contributed by atoms with Crippen molar-refractivity contribution in [2.75, 3.05) is 5.32 Å². The third-order valence-electron chi connectivity index (χ3n) is 2.52. The number of esters is 1. The summed E-state index contributed by atoms with van der Waals surface area (Å²) in [5.41, 5.74) is 0.772. The SMILES string of the molecule is CC(=O)Oc1cc([N+](=O)[O-])cc2c1NC(=O)CC2. The number of hydrogen-bond donors (Lipinski definition) is 1. The van der Waals surface area contributed by atoms with Crippen molar-refractivity contribution in [3.63, 3.8) is 0 Å². The second kappa shape index (κ2) is 4.44. The van der Waals surface area contributed by atoms with Crippen molar-refractivity contribution in [3.05, 3.63) is 27.8 Å². The van der Waals surface area contributed by atoms with Crippen molar-refractivity contribution in [1.82, 2.24) is 0 Å². The molecule has 0 radical (unpaired) electrons. The van der Waals surface area contributed by atoms with Gasteiger partial charge in [-0.15, -0.1) is 0 Å². The van der Waals surface area contributed by atoms with E-state index >= 15 is 0 Å². The minimum atomic E-state index is -0.600. The zero-order valence-electron chi connectivity index (χ0n) is 9.56. The number of carbonyl (C=O) groups is 2. The van der Waals surface area contributed by atoms with Crippen molar-refractivity contribution in [2.45, 2.75) is 19.8 Å². The van der Waals surface area contributed by atoms with E-state index in [0.29, 0.717) is 17.7 Å². The highest BCUT2D eigenvalue weighted by molar-refractivity contribution is 5.96. The summed E-state index contributed by atoms with van der Waals surface area (Å²) in [4.78, 5) is 32.5. The van der Waals surface area contributed by atoms with Gasteiger partial charge in [0.25, 0.3) is 5.69 Å². The number of nitro benzene ring substituents is 1. The molecule has 0 atom stereocenters. The summed E-state index contributed by atoms with van der Waals surface area (Å²) in [5, 5.41) is 13.3. The molecule has 18 heavy (non-hydrogen) atoms. The molecular weight excluding hydrogens is 240 g/mol. The van der Waals surface area contributed by atoms with E-state index in [-0.39, 0.29) is 23.8 Å². The van der Waals surface area contributed by atoms with Gasteiger partial charge in [0.05, 0.1) is 16.7 Å². The van der Waals surface area contributed by atoms with Crippen molar-refractivity contribution in [3.8, 4) is 5.75 Å². The fourth-order valence-corrected chi connectivity index (χ4v) is 1.79. The molecule has 94 valence electrons. The molecule has 1 aliphatic rings. The first-order chi connectivity index (χ1) is 8.47. The van der Waals surface area contributed by atoms with Gasteiger partial charge in [-0.25, -0.2) is 0 Å². The van der Waals surface area contributed by atoms with Gasteiger partial charge in [-0.2, -0.15) is 0 Å². The summed E-state index contributed by atoms with van der Waals surface area (Å²) in [5.74, 6) is -0.790. The van der Waals surface area contributed by atoms with Gasteiger partial charge in [-0.1, -0.05) is 0 Å². The summed E-state index contributed by atoms with van der Waals surface area (Å²) in [6, 6.07) is 2.51. The highest BCUT2D eigenvalue weighted by atomic mass is 16.6. The quantitative estimate of drug-likeness (QED) is 0.370. The van der Waals surface area contributed by atoms with Crippen LogP contribution in [-0.4, -0.2) is 16.8 Å². The van der Waals surface area contributed by atoms with Gasteiger partial charge in [0.1, 0.15) is 0 Å². The molecule has 0 aliphatic carbocycles. The summed E-state index contributed by atoms with van der Waals surface area (Å²) in [6.45, 7) is 1.19. The summed E-state index contributed by atoms with van der Waals surface area (Å²) in [6.07, 6.45) is 0.644. The Kier molecular flexibility index (Phi) is 2.97. The number of benzene rings is 1. The van der Waals surface area contributed by atoms with Crippen LogP contribution in [0.3, 0.4) is 0 Å². The molecule has 0 bridgehead atoms. The predicted octanol–water partition coefficient (Wildman–Crippen LogP) is 1.40. The van der Waals surface area contributed by atoms with Gasteiger partial charge >= 0.3 is 5.97 Å². The van der Waals surface area contributed by atoms with Crippen LogP contribution in [0.4, 0.5) is 11.4 Å². The van der Waals surface area contributed by atoms with E-state index in [9.17, 15) is 19.7 Å². The normalized spacial score (nSPS) is 13.5. The van der Waals surface area contributed by atoms with Crippen LogP contribution in [0.15, 0.2) is 12.1 Å². The van der Waals surface area contributed by atoms with Gasteiger partial charge in [0.15, 0.2) is 5.75 Å². The van der Waals surface area contributed by atoms with Crippen LogP contribution in [0.25, 0.3) is 0 Å². The molecule has 1 aromatic carbocycles. The zero-order valence-corrected chi connectivity index (χ0v) is 9.56. The molecular formula is C11H10N2O5. The Morgan fingerprint density at radius 1 is 1.44 bits per heavy atom. The van der Waals surface area contributed by atoms with Gasteiger partial charge in [-0.05, 0) is 12.0 Å². The molecule has 1 aliphatic heterocycles. The van der Waals surface area contributed by atoms with Crippen LogP contribution in [-0.2, 0) is 16.0 Å². The molecule has 1 aromatic rings. The van der Waals surface area contributed by atoms with E-state index in [1.165, 1.54) is 13.0 Å². The molecule has 0 saturated carbocycles. The Balaban J connectivity index is 2.53. The summed E-state index contributed by atoms with van der Waals surface area (Å²) < 4.78 is 4.89. The number of anilines is 1. The van der Waals surface area contributed by atoms with Gasteiger partial charge in [0.2, 0.25) is 5.91 Å². The highest BCUT2D eigenvalue weighted by Gasteiger charge is 2.23. The summed E-state index contributed by atoms with van der Waals surface area (Å²) >= 11 is 0. The standard InChI is InChI=1S/C11H10N2O5/c1-6(14)18-9-5-8(13(16)17)4-7-2-3-10(15)12-11(7)9/h4-5H,2-3H2,1H3,(H,12,15). The number of nitrogens with one attached hydrogen (secondary N) is 1. The molecule has 0 spiro atoms. The Bertz CT molecular complexity index is 553. The average molecular weight is 250 g/mol. The third kappa shape index (κ3) is 2.29. The fraction of sp³-hybridized carbons (Fsp3) is 0.273. The lowest BCUT2D eigenvalue weighted by molar-refractivity contribution is -0.385. The number of aryl methyl sites for hydroxylation is 1. The largest absolute Gasteiger partial charge is 0.424 e. The lowest BCUT2D eigenvalue weighted by Gasteiger charge is -2.19. The number of non-ortho nitro benzene ring substituents is 1. The molecule has 1 amide bonds. The van der Waals surface area contributed by atoms with Gasteiger partial charge < -0.3 is 10.1 Å². The van der Waals surface area contributed by atoms with E-state index in [4.69, 9.17) is 4.74 Å². The maximum absolute atomic E-state index is 11.3. The highest BCUT2D eigenvalue weighted by Crippen LogP contribution is 2.36. The van der Waals surface area contributed by atoms with Crippen molar-refractivity contribution in [2.24, 2.45) is 0 Å². The number of rotatable bonds is 2. The van der Waals surface area contributed by atoms with Crippen LogP contribution in [0.1, 0.15) is 18.9 Å². The number of carbonyl (C=O) groups excluding carboxylic acids is 2. The van der Waals surface area contributed by atoms with E-state index < -0.39 is 10.9 Å². The van der Waals surface area contributed by atoms with E-state index in [1.807, 2.05) is 0 Å². The topological polar surface area (TPSA) is 98.5 Å². The number of nitro groups is 1. The molecule has 0 fully saturated rings. The van der Waals surface area contributed by atoms with E-state index in [1.54, 1.807) is 0 Å². The lowest BCUT2D eigenvalue weighted by Crippen LogP contribution is -2.20. The monoisotopic (exact) mass is 250 g/mol. The maximum Gasteiger partial charge on any atom is 0.308 e. The van der Waals surface area contributed by atoms with Crippen LogP contribution in [0.2, 0.25) is 0 Å². The maximum atomic E-state index is 11.3. The molecule has 7 heteroatoms. The summed E-state index contributed by atoms with van der Waals surface area (Å²) in [7, 11) is 0. The number of ether oxygens (including phenoxy) is 1. The number of hydrogen-bond acceptors (Lipinski definition) is 5. The first-order valence-corrected chi connectivity index (χ1v) is 5.27. The second-order valence-electron chi connectivity index (χ2n) is 3.88. The first-order valence-electron chi connectivity index (χ1n) is 5.27. The molecule has 7 nitrogen and oxygen atoms in total. The molecule has 0 unspecified atom stereocenters. The Morgan fingerprint density at radius 2 is 2.17 bits per heavy atom. The average Bonchev–Trinajstić information content (AvgIpc) is 2.28. The number of fused-ring (bicyclic) bond motifs is 1. The predicted molar refractivity (Wildman–Crippen MR) is 61.4 cm³/mol. The molecule has 1 N–H and O–H groups in total. The number of nitrogens with zero attached hydrogens (tertiary/aromatic N) is 1. The van der Waals surface area contributed by atoms with Gasteiger partial charge in [0, 0.05) is 19.4 Å². The van der Waals surface area contributed by atoms with Crippen molar-refractivity contribution < 1.29 is 19.2 Å². The first kappa shape index (κ1) is 12.0. The Hall–Kier alpha value is -2.44. The van der Waals surface area contributed by atoms with Gasteiger partial charge in [-0.3, -0.25) is 19.7 Å². The van der Waals surface area contributed by atoms with Crippen LogP contribution >= 0.6 is 0 Å². The number of amides is 1. The van der Waals surface area contributed by atoms with Crippen molar-refractivity contribution >= 4 is 23.3 Å². The van der Waals surface area contributed by atoms with Crippen LogP contribution in [0.5, 0.6) is 5.75 Å².